The predicted molar refractivity (Wildman–Crippen MR) is 83.1 cm³/mol. The number of hydrogen-bond donors (Lipinski definition) is 2. The Morgan fingerprint density at radius 3 is 2.57 bits per heavy atom. The lowest BCUT2D eigenvalue weighted by Gasteiger charge is -2.13. The van der Waals surface area contributed by atoms with Crippen molar-refractivity contribution in [2.24, 2.45) is 7.05 Å². The standard InChI is InChI=1S/C17H22N2O2/c1-3-5-13-7-9-14(10-8-13)17(21)18-12-16(20)15-6-4-11-19(15)2/h4,6-11,16,20H,3,5,12H2,1-2H3,(H,18,21). The van der Waals surface area contributed by atoms with E-state index < -0.39 is 6.10 Å². The van der Waals surface area contributed by atoms with E-state index in [1.54, 1.807) is 0 Å². The van der Waals surface area contributed by atoms with Gasteiger partial charge in [0.25, 0.3) is 5.91 Å². The number of benzene rings is 1. The Kier molecular flexibility index (Phi) is 5.17. The van der Waals surface area contributed by atoms with Gasteiger partial charge >= 0.3 is 0 Å². The van der Waals surface area contributed by atoms with E-state index >= 15 is 0 Å². The van der Waals surface area contributed by atoms with Crippen LogP contribution in [-0.4, -0.2) is 22.1 Å². The van der Waals surface area contributed by atoms with E-state index in [1.807, 2.05) is 54.2 Å². The highest BCUT2D eigenvalue weighted by Crippen LogP contribution is 2.12. The molecule has 0 saturated heterocycles. The quantitative estimate of drug-likeness (QED) is 0.857. The molecule has 0 fully saturated rings. The van der Waals surface area contributed by atoms with Crippen LogP contribution in [0.1, 0.15) is 41.1 Å². The molecular formula is C17H22N2O2. The summed E-state index contributed by atoms with van der Waals surface area (Å²) in [6, 6.07) is 11.3. The summed E-state index contributed by atoms with van der Waals surface area (Å²) in [6.45, 7) is 2.33. The van der Waals surface area contributed by atoms with Crippen LogP contribution in [0.4, 0.5) is 0 Å². The molecule has 0 radical (unpaired) electrons. The summed E-state index contributed by atoms with van der Waals surface area (Å²) in [5, 5.41) is 12.8. The molecule has 0 bridgehead atoms. The Labute approximate surface area is 125 Å². The van der Waals surface area contributed by atoms with Gasteiger partial charge in [-0.15, -0.1) is 0 Å². The van der Waals surface area contributed by atoms with Crippen molar-refractivity contribution in [1.82, 2.24) is 9.88 Å². The van der Waals surface area contributed by atoms with Gasteiger partial charge in [0.1, 0.15) is 6.10 Å². The third kappa shape index (κ3) is 3.95. The van der Waals surface area contributed by atoms with Crippen molar-refractivity contribution in [1.29, 1.82) is 0 Å². The summed E-state index contributed by atoms with van der Waals surface area (Å²) in [6.07, 6.45) is 3.28. The zero-order valence-corrected chi connectivity index (χ0v) is 12.5. The summed E-state index contributed by atoms with van der Waals surface area (Å²) in [4.78, 5) is 12.0. The summed E-state index contributed by atoms with van der Waals surface area (Å²) >= 11 is 0. The topological polar surface area (TPSA) is 54.3 Å². The molecule has 2 aromatic rings. The zero-order valence-electron chi connectivity index (χ0n) is 12.5. The van der Waals surface area contributed by atoms with Crippen LogP contribution in [0.25, 0.3) is 0 Å². The SMILES string of the molecule is CCCc1ccc(C(=O)NCC(O)c2cccn2C)cc1. The highest BCUT2D eigenvalue weighted by Gasteiger charge is 2.12. The number of nitrogens with one attached hydrogen (secondary N) is 1. The zero-order chi connectivity index (χ0) is 15.2. The second-order valence-electron chi connectivity index (χ2n) is 5.22. The lowest BCUT2D eigenvalue weighted by Crippen LogP contribution is -2.29. The van der Waals surface area contributed by atoms with Crippen molar-refractivity contribution >= 4 is 5.91 Å². The first kappa shape index (κ1) is 15.3. The third-order valence-corrected chi connectivity index (χ3v) is 3.54. The minimum Gasteiger partial charge on any atom is -0.385 e. The molecule has 0 aliphatic heterocycles. The van der Waals surface area contributed by atoms with Crippen molar-refractivity contribution in [2.75, 3.05) is 6.54 Å². The molecule has 2 rings (SSSR count). The fraction of sp³-hybridized carbons (Fsp3) is 0.353. The molecule has 1 atom stereocenters. The first-order valence-electron chi connectivity index (χ1n) is 7.28. The highest BCUT2D eigenvalue weighted by molar-refractivity contribution is 5.94. The number of aliphatic hydroxyl groups excluding tert-OH is 1. The fourth-order valence-corrected chi connectivity index (χ4v) is 2.33. The maximum absolute atomic E-state index is 12.0. The maximum atomic E-state index is 12.0. The average molecular weight is 286 g/mol. The van der Waals surface area contributed by atoms with E-state index in [-0.39, 0.29) is 12.5 Å². The maximum Gasteiger partial charge on any atom is 0.251 e. The number of aryl methyl sites for hydroxylation is 2. The molecule has 2 N–H and O–H groups in total. The van der Waals surface area contributed by atoms with Crippen molar-refractivity contribution in [3.8, 4) is 0 Å². The lowest BCUT2D eigenvalue weighted by atomic mass is 10.1. The van der Waals surface area contributed by atoms with E-state index in [2.05, 4.69) is 12.2 Å². The Morgan fingerprint density at radius 1 is 1.29 bits per heavy atom. The smallest absolute Gasteiger partial charge is 0.251 e. The molecular weight excluding hydrogens is 264 g/mol. The number of amides is 1. The second-order valence-corrected chi connectivity index (χ2v) is 5.22. The van der Waals surface area contributed by atoms with E-state index in [0.29, 0.717) is 5.56 Å². The van der Waals surface area contributed by atoms with Gasteiger partial charge in [-0.25, -0.2) is 0 Å². The van der Waals surface area contributed by atoms with E-state index in [0.717, 1.165) is 18.5 Å². The fourth-order valence-electron chi connectivity index (χ4n) is 2.33. The Morgan fingerprint density at radius 2 is 2.00 bits per heavy atom. The number of aromatic nitrogens is 1. The summed E-state index contributed by atoms with van der Waals surface area (Å²) in [7, 11) is 1.87. The third-order valence-electron chi connectivity index (χ3n) is 3.54. The van der Waals surface area contributed by atoms with Gasteiger partial charge in [0, 0.05) is 31.0 Å². The lowest BCUT2D eigenvalue weighted by molar-refractivity contribution is 0.0912. The molecule has 0 spiro atoms. The van der Waals surface area contributed by atoms with Crippen LogP contribution in [0.2, 0.25) is 0 Å². The highest BCUT2D eigenvalue weighted by atomic mass is 16.3. The van der Waals surface area contributed by atoms with Crippen LogP contribution in [0.15, 0.2) is 42.6 Å². The van der Waals surface area contributed by atoms with Crippen LogP contribution in [0.3, 0.4) is 0 Å². The van der Waals surface area contributed by atoms with Crippen molar-refractivity contribution in [2.45, 2.75) is 25.9 Å². The molecule has 1 aromatic heterocycles. The van der Waals surface area contributed by atoms with Crippen molar-refractivity contribution in [3.05, 3.63) is 59.4 Å². The van der Waals surface area contributed by atoms with Gasteiger partial charge in [0.2, 0.25) is 0 Å². The van der Waals surface area contributed by atoms with Gasteiger partial charge in [0.15, 0.2) is 0 Å². The Hall–Kier alpha value is -2.07. The van der Waals surface area contributed by atoms with Crippen LogP contribution in [0, 0.1) is 0 Å². The molecule has 1 amide bonds. The van der Waals surface area contributed by atoms with Gasteiger partial charge in [-0.05, 0) is 36.2 Å². The van der Waals surface area contributed by atoms with Crippen LogP contribution in [0.5, 0.6) is 0 Å². The molecule has 1 heterocycles. The normalized spacial score (nSPS) is 12.1. The molecule has 4 nitrogen and oxygen atoms in total. The predicted octanol–water partition coefficient (Wildman–Crippen LogP) is 2.44. The first-order chi connectivity index (χ1) is 10.1. The molecule has 1 aromatic carbocycles. The van der Waals surface area contributed by atoms with Gasteiger partial charge in [-0.2, -0.15) is 0 Å². The number of rotatable bonds is 6. The van der Waals surface area contributed by atoms with Gasteiger partial charge < -0.3 is 15.0 Å². The summed E-state index contributed by atoms with van der Waals surface area (Å²) < 4.78 is 1.84. The van der Waals surface area contributed by atoms with Crippen LogP contribution in [-0.2, 0) is 13.5 Å². The Balaban J connectivity index is 1.91. The van der Waals surface area contributed by atoms with Crippen molar-refractivity contribution < 1.29 is 9.90 Å². The molecule has 0 aliphatic rings. The number of carbonyl (C=O) groups excluding carboxylic acids is 1. The van der Waals surface area contributed by atoms with Crippen LogP contribution >= 0.6 is 0 Å². The molecule has 0 aliphatic carbocycles. The molecule has 112 valence electrons. The number of carbonyl (C=O) groups is 1. The van der Waals surface area contributed by atoms with Gasteiger partial charge in [0.05, 0.1) is 0 Å². The average Bonchev–Trinajstić information content (AvgIpc) is 2.92. The summed E-state index contributed by atoms with van der Waals surface area (Å²) in [5.74, 6) is -0.161. The minimum absolute atomic E-state index is 0.161. The second kappa shape index (κ2) is 7.09. The molecule has 4 heteroatoms. The van der Waals surface area contributed by atoms with Gasteiger partial charge in [-0.3, -0.25) is 4.79 Å². The largest absolute Gasteiger partial charge is 0.385 e. The Bertz CT molecular complexity index is 587. The number of aliphatic hydroxyl groups is 1. The van der Waals surface area contributed by atoms with Gasteiger partial charge in [-0.1, -0.05) is 25.5 Å². The van der Waals surface area contributed by atoms with Crippen LogP contribution < -0.4 is 5.32 Å². The number of nitrogens with zero attached hydrogens (tertiary/aromatic N) is 1. The van der Waals surface area contributed by atoms with E-state index in [1.165, 1.54) is 5.56 Å². The van der Waals surface area contributed by atoms with E-state index in [9.17, 15) is 9.90 Å². The molecule has 1 unspecified atom stereocenters. The minimum atomic E-state index is -0.701. The first-order valence-corrected chi connectivity index (χ1v) is 7.28. The molecule has 21 heavy (non-hydrogen) atoms. The van der Waals surface area contributed by atoms with E-state index in [4.69, 9.17) is 0 Å². The number of hydrogen-bond acceptors (Lipinski definition) is 2. The summed E-state index contributed by atoms with van der Waals surface area (Å²) in [5.41, 5.74) is 2.64. The molecule has 0 saturated carbocycles. The monoisotopic (exact) mass is 286 g/mol. The van der Waals surface area contributed by atoms with Crippen molar-refractivity contribution in [3.63, 3.8) is 0 Å².